The third-order valence-corrected chi connectivity index (χ3v) is 5.44. The Morgan fingerprint density at radius 2 is 2.24 bits per heavy atom. The van der Waals surface area contributed by atoms with Crippen molar-refractivity contribution in [1.29, 1.82) is 0 Å². The molecule has 7 nitrogen and oxygen atoms in total. The van der Waals surface area contributed by atoms with E-state index in [4.69, 9.17) is 9.84 Å². The number of aliphatic hydroxyl groups is 1. The smallest absolute Gasteiger partial charge is 0.244 e. The Morgan fingerprint density at radius 3 is 2.95 bits per heavy atom. The number of aromatic nitrogens is 2. The molecule has 0 radical (unpaired) electrons. The first-order valence-corrected chi connectivity index (χ1v) is 8.86. The molecular weight excluding hydrogens is 294 g/mol. The van der Waals surface area contributed by atoms with Crippen LogP contribution < -0.4 is 4.72 Å². The molecule has 0 amide bonds. The molecule has 1 saturated heterocycles. The molecule has 2 fully saturated rings. The van der Waals surface area contributed by atoms with Gasteiger partial charge in [0, 0.05) is 26.0 Å². The first-order chi connectivity index (χ1) is 10.1. The number of aliphatic hydroxyl groups excluding tert-OH is 1. The minimum Gasteiger partial charge on any atom is -0.396 e. The van der Waals surface area contributed by atoms with Gasteiger partial charge in [0.1, 0.15) is 4.90 Å². The van der Waals surface area contributed by atoms with E-state index in [1.165, 1.54) is 17.1 Å². The second-order valence-corrected chi connectivity index (χ2v) is 7.42. The average Bonchev–Trinajstić information content (AvgIpc) is 2.99. The highest BCUT2D eigenvalue weighted by Crippen LogP contribution is 2.39. The third kappa shape index (κ3) is 3.45. The second-order valence-electron chi connectivity index (χ2n) is 5.71. The molecule has 1 aromatic rings. The number of hydrogen-bond acceptors (Lipinski definition) is 5. The molecule has 2 heterocycles. The van der Waals surface area contributed by atoms with E-state index >= 15 is 0 Å². The number of ether oxygens (including phenoxy) is 1. The zero-order valence-corrected chi connectivity index (χ0v) is 12.6. The lowest BCUT2D eigenvalue weighted by atomic mass is 10.1. The fraction of sp³-hybridized carbons (Fsp3) is 0.769. The van der Waals surface area contributed by atoms with Gasteiger partial charge in [-0.25, -0.2) is 13.1 Å². The second kappa shape index (κ2) is 6.04. The van der Waals surface area contributed by atoms with E-state index in [1.54, 1.807) is 0 Å². The molecule has 3 rings (SSSR count). The third-order valence-electron chi connectivity index (χ3n) is 3.99. The van der Waals surface area contributed by atoms with Gasteiger partial charge < -0.3 is 9.84 Å². The van der Waals surface area contributed by atoms with Crippen molar-refractivity contribution in [2.24, 2.45) is 5.92 Å². The maximum atomic E-state index is 12.4. The summed E-state index contributed by atoms with van der Waals surface area (Å²) in [6.45, 7) is 1.18. The van der Waals surface area contributed by atoms with Crippen molar-refractivity contribution in [3.8, 4) is 0 Å². The van der Waals surface area contributed by atoms with Crippen LogP contribution in [0.3, 0.4) is 0 Å². The number of sulfonamides is 1. The molecule has 21 heavy (non-hydrogen) atoms. The van der Waals surface area contributed by atoms with Gasteiger partial charge in [-0.1, -0.05) is 0 Å². The Labute approximate surface area is 124 Å². The quantitative estimate of drug-likeness (QED) is 0.745. The number of nitrogens with one attached hydrogen (secondary N) is 1. The van der Waals surface area contributed by atoms with Gasteiger partial charge in [-0.15, -0.1) is 0 Å². The standard InChI is InChI=1S/C13H21N3O4S/c17-6-1-5-16-9-11(8-14-16)21(18,19)15-12-4-7-20-13(12)10-2-3-10/h8-10,12-13,15,17H,1-7H2. The van der Waals surface area contributed by atoms with Crippen LogP contribution in [0.5, 0.6) is 0 Å². The summed E-state index contributed by atoms with van der Waals surface area (Å²) >= 11 is 0. The van der Waals surface area contributed by atoms with Gasteiger partial charge in [-0.3, -0.25) is 4.68 Å². The van der Waals surface area contributed by atoms with Crippen LogP contribution >= 0.6 is 0 Å². The molecule has 2 unspecified atom stereocenters. The maximum Gasteiger partial charge on any atom is 0.244 e. The molecule has 1 aliphatic carbocycles. The monoisotopic (exact) mass is 315 g/mol. The topological polar surface area (TPSA) is 93.5 Å². The van der Waals surface area contributed by atoms with E-state index in [9.17, 15) is 8.42 Å². The maximum absolute atomic E-state index is 12.4. The van der Waals surface area contributed by atoms with E-state index in [0.29, 0.717) is 25.5 Å². The molecule has 8 heteroatoms. The highest BCUT2D eigenvalue weighted by molar-refractivity contribution is 7.89. The SMILES string of the molecule is O=S(=O)(NC1CCOC1C1CC1)c1cnn(CCCO)c1. The highest BCUT2D eigenvalue weighted by atomic mass is 32.2. The summed E-state index contributed by atoms with van der Waals surface area (Å²) in [4.78, 5) is 0.168. The van der Waals surface area contributed by atoms with Crippen molar-refractivity contribution in [3.05, 3.63) is 12.4 Å². The zero-order valence-electron chi connectivity index (χ0n) is 11.8. The summed E-state index contributed by atoms with van der Waals surface area (Å²) in [5, 5.41) is 12.8. The lowest BCUT2D eigenvalue weighted by Crippen LogP contribution is -2.41. The molecule has 1 aliphatic heterocycles. The Kier molecular flexibility index (Phi) is 4.30. The Bertz CT molecular complexity index is 582. The van der Waals surface area contributed by atoms with E-state index < -0.39 is 10.0 Å². The molecule has 0 aromatic carbocycles. The molecule has 2 aliphatic rings. The fourth-order valence-corrected chi connectivity index (χ4v) is 3.97. The summed E-state index contributed by atoms with van der Waals surface area (Å²) in [5.74, 6) is 0.507. The van der Waals surface area contributed by atoms with Crippen molar-refractivity contribution >= 4 is 10.0 Å². The zero-order chi connectivity index (χ0) is 14.9. The molecule has 1 aromatic heterocycles. The first-order valence-electron chi connectivity index (χ1n) is 7.37. The molecule has 1 saturated carbocycles. The van der Waals surface area contributed by atoms with Gasteiger partial charge >= 0.3 is 0 Å². The molecule has 118 valence electrons. The van der Waals surface area contributed by atoms with Gasteiger partial charge in [-0.05, 0) is 31.6 Å². The molecular formula is C13H21N3O4S. The fourth-order valence-electron chi connectivity index (χ4n) is 2.73. The van der Waals surface area contributed by atoms with Crippen LogP contribution in [0.4, 0.5) is 0 Å². The van der Waals surface area contributed by atoms with Crippen LogP contribution in [0.1, 0.15) is 25.7 Å². The van der Waals surface area contributed by atoms with Gasteiger partial charge in [0.25, 0.3) is 0 Å². The number of hydrogen-bond donors (Lipinski definition) is 2. The molecule has 2 atom stereocenters. The van der Waals surface area contributed by atoms with Crippen molar-refractivity contribution in [2.75, 3.05) is 13.2 Å². The van der Waals surface area contributed by atoms with Gasteiger partial charge in [-0.2, -0.15) is 5.10 Å². The van der Waals surface area contributed by atoms with Crippen LogP contribution in [0.25, 0.3) is 0 Å². The van der Waals surface area contributed by atoms with E-state index in [1.807, 2.05) is 0 Å². The molecule has 0 spiro atoms. The number of rotatable bonds is 7. The summed E-state index contributed by atoms with van der Waals surface area (Å²) in [7, 11) is -3.56. The van der Waals surface area contributed by atoms with Crippen LogP contribution in [0.15, 0.2) is 17.3 Å². The number of aryl methyl sites for hydroxylation is 1. The minimum absolute atomic E-state index is 0.0178. The predicted molar refractivity (Wildman–Crippen MR) is 75.1 cm³/mol. The van der Waals surface area contributed by atoms with E-state index in [0.717, 1.165) is 19.3 Å². The van der Waals surface area contributed by atoms with Crippen LogP contribution in [-0.2, 0) is 21.3 Å². The normalized spacial score (nSPS) is 26.3. The average molecular weight is 315 g/mol. The van der Waals surface area contributed by atoms with Crippen molar-refractivity contribution < 1.29 is 18.3 Å². The Morgan fingerprint density at radius 1 is 1.43 bits per heavy atom. The first kappa shape index (κ1) is 15.0. The predicted octanol–water partition coefficient (Wildman–Crippen LogP) is 0.111. The van der Waals surface area contributed by atoms with E-state index in [-0.39, 0.29) is 23.6 Å². The lowest BCUT2D eigenvalue weighted by molar-refractivity contribution is 0.0848. The van der Waals surface area contributed by atoms with Crippen molar-refractivity contribution in [2.45, 2.75) is 49.3 Å². The van der Waals surface area contributed by atoms with Gasteiger partial charge in [0.2, 0.25) is 10.0 Å². The Balaban J connectivity index is 1.66. The largest absolute Gasteiger partial charge is 0.396 e. The van der Waals surface area contributed by atoms with E-state index in [2.05, 4.69) is 9.82 Å². The van der Waals surface area contributed by atoms with Crippen LogP contribution in [0.2, 0.25) is 0 Å². The molecule has 2 N–H and O–H groups in total. The Hall–Kier alpha value is -0.960. The van der Waals surface area contributed by atoms with Crippen molar-refractivity contribution in [1.82, 2.24) is 14.5 Å². The van der Waals surface area contributed by atoms with Crippen LogP contribution in [-0.4, -0.2) is 48.7 Å². The summed E-state index contributed by atoms with van der Waals surface area (Å²) in [5.41, 5.74) is 0. The van der Waals surface area contributed by atoms with Crippen molar-refractivity contribution in [3.63, 3.8) is 0 Å². The lowest BCUT2D eigenvalue weighted by Gasteiger charge is -2.18. The van der Waals surface area contributed by atoms with Crippen LogP contribution in [0, 0.1) is 5.92 Å². The summed E-state index contributed by atoms with van der Waals surface area (Å²) in [6.07, 6.45) is 6.39. The number of nitrogens with zero attached hydrogens (tertiary/aromatic N) is 2. The summed E-state index contributed by atoms with van der Waals surface area (Å²) in [6, 6.07) is -0.136. The van der Waals surface area contributed by atoms with Gasteiger partial charge in [0.05, 0.1) is 18.3 Å². The van der Waals surface area contributed by atoms with Gasteiger partial charge in [0.15, 0.2) is 0 Å². The minimum atomic E-state index is -3.56. The summed E-state index contributed by atoms with van der Waals surface area (Å²) < 4.78 is 34.7. The highest BCUT2D eigenvalue weighted by Gasteiger charge is 2.42. The molecule has 0 bridgehead atoms.